The van der Waals surface area contributed by atoms with Gasteiger partial charge in [0.25, 0.3) is 0 Å². The highest BCUT2D eigenvalue weighted by Crippen LogP contribution is 2.26. The second-order valence-corrected chi connectivity index (χ2v) is 3.91. The zero-order valence-electron chi connectivity index (χ0n) is 7.61. The van der Waals surface area contributed by atoms with Crippen LogP contribution in [-0.2, 0) is 4.79 Å². The SMILES string of the molecule is NC[C@H](CC(=O)O)c1ccccc1Br. The van der Waals surface area contributed by atoms with Gasteiger partial charge in [-0.25, -0.2) is 0 Å². The summed E-state index contributed by atoms with van der Waals surface area (Å²) >= 11 is 3.38. The van der Waals surface area contributed by atoms with Gasteiger partial charge in [0, 0.05) is 10.4 Å². The summed E-state index contributed by atoms with van der Waals surface area (Å²) in [5.41, 5.74) is 6.49. The first kappa shape index (κ1) is 11.2. The summed E-state index contributed by atoms with van der Waals surface area (Å²) in [6.07, 6.45) is 0.0686. The number of nitrogens with two attached hydrogens (primary N) is 1. The molecule has 1 aromatic rings. The predicted octanol–water partition coefficient (Wildman–Crippen LogP) is 1.97. The van der Waals surface area contributed by atoms with Crippen LogP contribution < -0.4 is 5.73 Å². The molecular formula is C10H12BrNO2. The Balaban J connectivity index is 2.89. The van der Waals surface area contributed by atoms with Gasteiger partial charge in [-0.3, -0.25) is 4.79 Å². The normalized spacial score (nSPS) is 12.4. The number of aliphatic carboxylic acids is 1. The van der Waals surface area contributed by atoms with Crippen LogP contribution in [0.2, 0.25) is 0 Å². The van der Waals surface area contributed by atoms with E-state index in [1.54, 1.807) is 0 Å². The summed E-state index contributed by atoms with van der Waals surface area (Å²) in [5.74, 6) is -0.945. The maximum atomic E-state index is 10.6. The first-order chi connectivity index (χ1) is 6.65. The predicted molar refractivity (Wildman–Crippen MR) is 58.2 cm³/mol. The van der Waals surface area contributed by atoms with Gasteiger partial charge in [0.1, 0.15) is 0 Å². The fourth-order valence-corrected chi connectivity index (χ4v) is 1.95. The van der Waals surface area contributed by atoms with Crippen LogP contribution in [0, 0.1) is 0 Å². The second-order valence-electron chi connectivity index (χ2n) is 3.05. The number of carboxylic acid groups (broad SMARTS) is 1. The van der Waals surface area contributed by atoms with E-state index in [-0.39, 0.29) is 12.3 Å². The van der Waals surface area contributed by atoms with Crippen molar-refractivity contribution in [1.29, 1.82) is 0 Å². The summed E-state index contributed by atoms with van der Waals surface area (Å²) in [6, 6.07) is 7.55. The van der Waals surface area contributed by atoms with Gasteiger partial charge in [0.05, 0.1) is 6.42 Å². The molecule has 0 unspecified atom stereocenters. The molecule has 3 nitrogen and oxygen atoms in total. The third-order valence-corrected chi connectivity index (χ3v) is 2.77. The lowest BCUT2D eigenvalue weighted by Gasteiger charge is -2.14. The fraction of sp³-hybridized carbons (Fsp3) is 0.300. The van der Waals surface area contributed by atoms with Crippen LogP contribution in [0.15, 0.2) is 28.7 Å². The summed E-state index contributed by atoms with van der Waals surface area (Å²) in [7, 11) is 0. The molecule has 0 saturated carbocycles. The first-order valence-electron chi connectivity index (χ1n) is 4.31. The zero-order valence-corrected chi connectivity index (χ0v) is 9.20. The molecule has 4 heteroatoms. The first-order valence-corrected chi connectivity index (χ1v) is 5.10. The van der Waals surface area contributed by atoms with E-state index in [1.165, 1.54) is 0 Å². The molecule has 14 heavy (non-hydrogen) atoms. The minimum atomic E-state index is -0.823. The number of carboxylic acids is 1. The molecule has 0 aliphatic heterocycles. The fourth-order valence-electron chi connectivity index (χ4n) is 1.34. The average molecular weight is 258 g/mol. The molecule has 0 fully saturated rings. The topological polar surface area (TPSA) is 63.3 Å². The zero-order chi connectivity index (χ0) is 10.6. The van der Waals surface area contributed by atoms with Crippen LogP contribution in [0.1, 0.15) is 17.9 Å². The van der Waals surface area contributed by atoms with Crippen LogP contribution in [0.4, 0.5) is 0 Å². The molecule has 0 radical (unpaired) electrons. The van der Waals surface area contributed by atoms with Gasteiger partial charge in [0.15, 0.2) is 0 Å². The molecule has 3 N–H and O–H groups in total. The molecule has 1 atom stereocenters. The largest absolute Gasteiger partial charge is 0.481 e. The third-order valence-electron chi connectivity index (χ3n) is 2.05. The van der Waals surface area contributed by atoms with Gasteiger partial charge in [-0.1, -0.05) is 34.1 Å². The van der Waals surface area contributed by atoms with Crippen LogP contribution in [0.3, 0.4) is 0 Å². The highest BCUT2D eigenvalue weighted by molar-refractivity contribution is 9.10. The van der Waals surface area contributed by atoms with Gasteiger partial charge in [-0.2, -0.15) is 0 Å². The smallest absolute Gasteiger partial charge is 0.304 e. The molecule has 0 amide bonds. The summed E-state index contributed by atoms with van der Waals surface area (Å²) < 4.78 is 0.914. The third kappa shape index (κ3) is 2.82. The summed E-state index contributed by atoms with van der Waals surface area (Å²) in [5, 5.41) is 8.70. The number of carbonyl (C=O) groups is 1. The van der Waals surface area contributed by atoms with Crippen molar-refractivity contribution in [2.45, 2.75) is 12.3 Å². The van der Waals surface area contributed by atoms with Crippen molar-refractivity contribution in [2.75, 3.05) is 6.54 Å². The Bertz CT molecular complexity index is 328. The van der Waals surface area contributed by atoms with Crippen LogP contribution in [0.5, 0.6) is 0 Å². The maximum Gasteiger partial charge on any atom is 0.304 e. The number of halogens is 1. The Morgan fingerprint density at radius 1 is 1.50 bits per heavy atom. The van der Waals surface area contributed by atoms with Gasteiger partial charge in [0.2, 0.25) is 0 Å². The molecule has 0 bridgehead atoms. The van der Waals surface area contributed by atoms with Crippen molar-refractivity contribution in [1.82, 2.24) is 0 Å². The van der Waals surface area contributed by atoms with E-state index in [4.69, 9.17) is 10.8 Å². The summed E-state index contributed by atoms with van der Waals surface area (Å²) in [6.45, 7) is 0.342. The van der Waals surface area contributed by atoms with E-state index < -0.39 is 5.97 Å². The average Bonchev–Trinajstić information content (AvgIpc) is 2.15. The second kappa shape index (κ2) is 5.12. The Morgan fingerprint density at radius 2 is 2.14 bits per heavy atom. The summed E-state index contributed by atoms with van der Waals surface area (Å²) in [4.78, 5) is 10.6. The van der Waals surface area contributed by atoms with Crippen molar-refractivity contribution in [3.8, 4) is 0 Å². The highest BCUT2D eigenvalue weighted by atomic mass is 79.9. The molecule has 76 valence electrons. The molecule has 0 saturated heterocycles. The minimum absolute atomic E-state index is 0.0686. The highest BCUT2D eigenvalue weighted by Gasteiger charge is 2.15. The van der Waals surface area contributed by atoms with Crippen molar-refractivity contribution in [3.63, 3.8) is 0 Å². The minimum Gasteiger partial charge on any atom is -0.481 e. The van der Waals surface area contributed by atoms with Crippen molar-refractivity contribution >= 4 is 21.9 Å². The van der Waals surface area contributed by atoms with E-state index in [0.29, 0.717) is 6.54 Å². The number of hydrogen-bond acceptors (Lipinski definition) is 2. The monoisotopic (exact) mass is 257 g/mol. The van der Waals surface area contributed by atoms with Crippen LogP contribution in [0.25, 0.3) is 0 Å². The lowest BCUT2D eigenvalue weighted by molar-refractivity contribution is -0.137. The Hall–Kier alpha value is -0.870. The van der Waals surface area contributed by atoms with Crippen LogP contribution >= 0.6 is 15.9 Å². The van der Waals surface area contributed by atoms with Gasteiger partial charge in [-0.05, 0) is 18.2 Å². The van der Waals surface area contributed by atoms with Crippen molar-refractivity contribution in [2.24, 2.45) is 5.73 Å². The van der Waals surface area contributed by atoms with E-state index in [0.717, 1.165) is 10.0 Å². The molecule has 0 heterocycles. The number of rotatable bonds is 4. The Labute approximate surface area is 91.1 Å². The number of benzene rings is 1. The van der Waals surface area contributed by atoms with Gasteiger partial charge >= 0.3 is 5.97 Å². The van der Waals surface area contributed by atoms with Crippen molar-refractivity contribution in [3.05, 3.63) is 34.3 Å². The molecule has 0 aromatic heterocycles. The maximum absolute atomic E-state index is 10.6. The van der Waals surface area contributed by atoms with E-state index in [2.05, 4.69) is 15.9 Å². The molecule has 0 aliphatic carbocycles. The molecular weight excluding hydrogens is 246 g/mol. The Kier molecular flexibility index (Phi) is 4.10. The van der Waals surface area contributed by atoms with Crippen molar-refractivity contribution < 1.29 is 9.90 Å². The molecule has 0 spiro atoms. The Morgan fingerprint density at radius 3 is 2.64 bits per heavy atom. The van der Waals surface area contributed by atoms with E-state index >= 15 is 0 Å². The molecule has 1 rings (SSSR count). The van der Waals surface area contributed by atoms with E-state index in [1.807, 2.05) is 24.3 Å². The van der Waals surface area contributed by atoms with Gasteiger partial charge in [-0.15, -0.1) is 0 Å². The van der Waals surface area contributed by atoms with E-state index in [9.17, 15) is 4.79 Å². The lowest BCUT2D eigenvalue weighted by Crippen LogP contribution is -2.16. The standard InChI is InChI=1S/C10H12BrNO2/c11-9-4-2-1-3-8(9)7(6-12)5-10(13)14/h1-4,7H,5-6,12H2,(H,13,14)/t7-/m0/s1. The number of hydrogen-bond donors (Lipinski definition) is 2. The lowest BCUT2D eigenvalue weighted by atomic mass is 9.96. The molecule has 0 aliphatic rings. The molecule has 1 aromatic carbocycles. The van der Waals surface area contributed by atoms with Crippen LogP contribution in [-0.4, -0.2) is 17.6 Å². The van der Waals surface area contributed by atoms with Gasteiger partial charge < -0.3 is 10.8 Å². The quantitative estimate of drug-likeness (QED) is 0.867.